The smallest absolute Gasteiger partial charge is 0.141 e. The van der Waals surface area contributed by atoms with Gasteiger partial charge in [-0.2, -0.15) is 0 Å². The Hall–Kier alpha value is -2.04. The first kappa shape index (κ1) is 11.4. The molecule has 5 nitrogen and oxygen atoms in total. The largest absolute Gasteiger partial charge is 0.495 e. The lowest BCUT2D eigenvalue weighted by Crippen LogP contribution is -2.01. The van der Waals surface area contributed by atoms with Crippen LogP contribution in [0.15, 0.2) is 24.5 Å². The minimum atomic E-state index is 0.669. The molecule has 1 heterocycles. The molecule has 2 aromatic rings. The Morgan fingerprint density at radius 3 is 2.76 bits per heavy atom. The molecule has 0 amide bonds. The number of methoxy groups -OCH3 is 1. The topological polar surface area (TPSA) is 66.0 Å². The van der Waals surface area contributed by atoms with Crippen molar-refractivity contribution in [1.82, 2.24) is 14.8 Å². The molecule has 0 bridgehead atoms. The van der Waals surface area contributed by atoms with Crippen molar-refractivity contribution in [1.29, 1.82) is 0 Å². The highest BCUT2D eigenvalue weighted by atomic mass is 16.5. The zero-order valence-electron chi connectivity index (χ0n) is 10.1. The summed E-state index contributed by atoms with van der Waals surface area (Å²) in [6, 6.07) is 5.85. The maximum atomic E-state index is 5.85. The van der Waals surface area contributed by atoms with Crippen molar-refractivity contribution in [3.05, 3.63) is 35.9 Å². The fourth-order valence-electron chi connectivity index (χ4n) is 1.73. The third kappa shape index (κ3) is 2.55. The number of hydrogen-bond acceptors (Lipinski definition) is 4. The zero-order valence-corrected chi connectivity index (χ0v) is 10.1. The monoisotopic (exact) mass is 232 g/mol. The lowest BCUT2D eigenvalue weighted by Gasteiger charge is -2.07. The first-order chi connectivity index (χ1) is 8.20. The SMILES string of the molecule is COc1ccc(CCc2nncn2C)cc1N. The molecule has 1 aromatic carbocycles. The van der Waals surface area contributed by atoms with Crippen LogP contribution in [0.2, 0.25) is 0 Å². The standard InChI is InChI=1S/C12H16N4O/c1-16-8-14-15-12(16)6-4-9-3-5-11(17-2)10(13)7-9/h3,5,7-8H,4,6,13H2,1-2H3. The number of aryl methyl sites for hydroxylation is 3. The van der Waals surface area contributed by atoms with Crippen molar-refractivity contribution in [3.63, 3.8) is 0 Å². The fraction of sp³-hybridized carbons (Fsp3) is 0.333. The van der Waals surface area contributed by atoms with Crippen LogP contribution in [0.25, 0.3) is 0 Å². The highest BCUT2D eigenvalue weighted by molar-refractivity contribution is 5.54. The molecule has 5 heteroatoms. The average Bonchev–Trinajstić information content (AvgIpc) is 2.72. The van der Waals surface area contributed by atoms with Crippen LogP contribution in [0.3, 0.4) is 0 Å². The second kappa shape index (κ2) is 4.86. The Labute approximate surface area is 100 Å². The lowest BCUT2D eigenvalue weighted by atomic mass is 10.1. The van der Waals surface area contributed by atoms with Gasteiger partial charge in [-0.25, -0.2) is 0 Å². The van der Waals surface area contributed by atoms with Gasteiger partial charge in [-0.05, 0) is 24.1 Å². The van der Waals surface area contributed by atoms with Gasteiger partial charge in [0.15, 0.2) is 0 Å². The molecule has 2 rings (SSSR count). The molecule has 0 aliphatic heterocycles. The van der Waals surface area contributed by atoms with Crippen LogP contribution in [-0.4, -0.2) is 21.9 Å². The third-order valence-electron chi connectivity index (χ3n) is 2.74. The highest BCUT2D eigenvalue weighted by Gasteiger charge is 2.04. The highest BCUT2D eigenvalue weighted by Crippen LogP contribution is 2.22. The Morgan fingerprint density at radius 1 is 1.35 bits per heavy atom. The maximum absolute atomic E-state index is 5.85. The quantitative estimate of drug-likeness (QED) is 0.804. The second-order valence-corrected chi connectivity index (χ2v) is 3.93. The van der Waals surface area contributed by atoms with Gasteiger partial charge >= 0.3 is 0 Å². The number of ether oxygens (including phenoxy) is 1. The summed E-state index contributed by atoms with van der Waals surface area (Å²) in [5.41, 5.74) is 7.69. The second-order valence-electron chi connectivity index (χ2n) is 3.93. The van der Waals surface area contributed by atoms with Gasteiger partial charge in [0.25, 0.3) is 0 Å². The number of nitrogens with two attached hydrogens (primary N) is 1. The molecule has 0 aliphatic rings. The van der Waals surface area contributed by atoms with Gasteiger partial charge in [0, 0.05) is 13.5 Å². The van der Waals surface area contributed by atoms with Crippen LogP contribution in [0.4, 0.5) is 5.69 Å². The van der Waals surface area contributed by atoms with Gasteiger partial charge in [0.05, 0.1) is 12.8 Å². The van der Waals surface area contributed by atoms with Crippen LogP contribution in [0, 0.1) is 0 Å². The van der Waals surface area contributed by atoms with E-state index >= 15 is 0 Å². The summed E-state index contributed by atoms with van der Waals surface area (Å²) in [7, 11) is 3.56. The maximum Gasteiger partial charge on any atom is 0.141 e. The summed E-state index contributed by atoms with van der Waals surface area (Å²) >= 11 is 0. The number of nitrogen functional groups attached to an aromatic ring is 1. The number of nitrogens with zero attached hydrogens (tertiary/aromatic N) is 3. The van der Waals surface area contributed by atoms with E-state index in [0.29, 0.717) is 11.4 Å². The molecule has 0 saturated heterocycles. The first-order valence-electron chi connectivity index (χ1n) is 5.46. The fourth-order valence-corrected chi connectivity index (χ4v) is 1.73. The predicted octanol–water partition coefficient (Wildman–Crippen LogP) is 1.19. The van der Waals surface area contributed by atoms with Crippen LogP contribution in [-0.2, 0) is 19.9 Å². The number of anilines is 1. The van der Waals surface area contributed by atoms with Crippen molar-refractivity contribution in [2.45, 2.75) is 12.8 Å². The van der Waals surface area contributed by atoms with E-state index in [9.17, 15) is 0 Å². The Balaban J connectivity index is 2.05. The molecular weight excluding hydrogens is 216 g/mol. The predicted molar refractivity (Wildman–Crippen MR) is 65.8 cm³/mol. The first-order valence-corrected chi connectivity index (χ1v) is 5.46. The number of rotatable bonds is 4. The summed E-state index contributed by atoms with van der Waals surface area (Å²) < 4.78 is 7.04. The molecule has 0 saturated carbocycles. The molecule has 90 valence electrons. The Kier molecular flexibility index (Phi) is 3.27. The molecule has 0 fully saturated rings. The third-order valence-corrected chi connectivity index (χ3v) is 2.74. The normalized spacial score (nSPS) is 10.5. The Morgan fingerprint density at radius 2 is 2.18 bits per heavy atom. The number of benzene rings is 1. The van der Waals surface area contributed by atoms with E-state index in [1.807, 2.05) is 29.8 Å². The van der Waals surface area contributed by atoms with E-state index in [0.717, 1.165) is 18.7 Å². The molecule has 2 N–H and O–H groups in total. The van der Waals surface area contributed by atoms with Gasteiger partial charge in [-0.15, -0.1) is 10.2 Å². The average molecular weight is 232 g/mol. The van der Waals surface area contributed by atoms with Crippen molar-refractivity contribution in [2.24, 2.45) is 7.05 Å². The molecule has 17 heavy (non-hydrogen) atoms. The van der Waals surface area contributed by atoms with Crippen LogP contribution in [0.5, 0.6) is 5.75 Å². The lowest BCUT2D eigenvalue weighted by molar-refractivity contribution is 0.417. The van der Waals surface area contributed by atoms with E-state index in [2.05, 4.69) is 10.2 Å². The Bertz CT molecular complexity index is 507. The van der Waals surface area contributed by atoms with Gasteiger partial charge < -0.3 is 15.0 Å². The van der Waals surface area contributed by atoms with Crippen LogP contribution >= 0.6 is 0 Å². The van der Waals surface area contributed by atoms with Crippen molar-refractivity contribution in [2.75, 3.05) is 12.8 Å². The number of hydrogen-bond donors (Lipinski definition) is 1. The summed E-state index contributed by atoms with van der Waals surface area (Å²) in [5, 5.41) is 7.89. The zero-order chi connectivity index (χ0) is 12.3. The van der Waals surface area contributed by atoms with Gasteiger partial charge in [-0.3, -0.25) is 0 Å². The minimum absolute atomic E-state index is 0.669. The van der Waals surface area contributed by atoms with Crippen molar-refractivity contribution >= 4 is 5.69 Å². The van der Waals surface area contributed by atoms with Gasteiger partial charge in [0.1, 0.15) is 17.9 Å². The molecule has 0 aliphatic carbocycles. The van der Waals surface area contributed by atoms with E-state index in [1.165, 1.54) is 5.56 Å². The summed E-state index contributed by atoms with van der Waals surface area (Å²) in [5.74, 6) is 1.69. The van der Waals surface area contributed by atoms with Gasteiger partial charge in [0.2, 0.25) is 0 Å². The summed E-state index contributed by atoms with van der Waals surface area (Å²) in [6.45, 7) is 0. The van der Waals surface area contributed by atoms with Crippen LogP contribution < -0.4 is 10.5 Å². The van der Waals surface area contributed by atoms with E-state index in [4.69, 9.17) is 10.5 Å². The summed E-state index contributed by atoms with van der Waals surface area (Å²) in [4.78, 5) is 0. The van der Waals surface area contributed by atoms with Gasteiger partial charge in [-0.1, -0.05) is 6.07 Å². The molecule has 1 aromatic heterocycles. The van der Waals surface area contributed by atoms with Crippen molar-refractivity contribution in [3.8, 4) is 5.75 Å². The molecular formula is C12H16N4O. The molecule has 0 unspecified atom stereocenters. The van der Waals surface area contributed by atoms with E-state index in [1.54, 1.807) is 13.4 Å². The molecule has 0 radical (unpaired) electrons. The molecule has 0 atom stereocenters. The molecule has 0 spiro atoms. The van der Waals surface area contributed by atoms with Crippen molar-refractivity contribution < 1.29 is 4.74 Å². The van der Waals surface area contributed by atoms with E-state index < -0.39 is 0 Å². The number of aromatic nitrogens is 3. The minimum Gasteiger partial charge on any atom is -0.495 e. The van der Waals surface area contributed by atoms with Crippen LogP contribution in [0.1, 0.15) is 11.4 Å². The summed E-state index contributed by atoms with van der Waals surface area (Å²) in [6.07, 6.45) is 3.45. The van der Waals surface area contributed by atoms with E-state index in [-0.39, 0.29) is 0 Å².